The fourth-order valence-electron chi connectivity index (χ4n) is 2.88. The molecule has 1 aromatic carbocycles. The molecule has 3 heterocycles. The number of carbonyl (C=O) groups is 1. The number of H-pyrrole nitrogens is 1. The van der Waals surface area contributed by atoms with E-state index in [4.69, 9.17) is 0 Å². The van der Waals surface area contributed by atoms with E-state index in [1.54, 1.807) is 4.90 Å². The second kappa shape index (κ2) is 7.00. The van der Waals surface area contributed by atoms with Gasteiger partial charge in [-0.15, -0.1) is 5.10 Å². The number of thioether (sulfide) groups is 1. The first kappa shape index (κ1) is 18.0. The minimum absolute atomic E-state index is 0.0322. The standard InChI is InChI=1S/C17H17N7O3S/c1-22-13-12(14(26)23(2)17(22)27)18-15(19-13)20-21-16-24(11(25)9-28-16)8-10-6-4-3-5-7-10/h3-7H,8-9H2,1-2H3,(H2,18,19,20). The summed E-state index contributed by atoms with van der Waals surface area (Å²) in [5.41, 5.74) is 3.23. The monoisotopic (exact) mass is 399 g/mol. The maximum atomic E-state index is 12.2. The zero-order chi connectivity index (χ0) is 19.8. The molecule has 1 saturated heterocycles. The molecule has 0 spiro atoms. The number of nitrogens with zero attached hydrogens (tertiary/aromatic N) is 5. The molecule has 3 aromatic rings. The predicted octanol–water partition coefficient (Wildman–Crippen LogP) is 0.419. The number of amidine groups is 1. The summed E-state index contributed by atoms with van der Waals surface area (Å²) in [7, 11) is 2.94. The normalized spacial score (nSPS) is 15.7. The van der Waals surface area contributed by atoms with Crippen molar-refractivity contribution in [2.75, 3.05) is 11.2 Å². The molecule has 11 heteroatoms. The van der Waals surface area contributed by atoms with E-state index in [0.29, 0.717) is 17.5 Å². The Kier molecular flexibility index (Phi) is 4.51. The highest BCUT2D eigenvalue weighted by molar-refractivity contribution is 8.15. The van der Waals surface area contributed by atoms with Crippen LogP contribution in [0.25, 0.3) is 11.2 Å². The van der Waals surface area contributed by atoms with Crippen molar-refractivity contribution in [3.8, 4) is 0 Å². The lowest BCUT2D eigenvalue weighted by Crippen LogP contribution is -2.36. The SMILES string of the molecule is Cn1c(=O)c2[nH]c(NN=C3SCC(=O)N3Cc3ccccc3)nc2n(C)c1=O. The molecular weight excluding hydrogens is 382 g/mol. The molecule has 1 aliphatic heterocycles. The number of carbonyl (C=O) groups excluding carboxylic acids is 1. The summed E-state index contributed by atoms with van der Waals surface area (Å²) >= 11 is 1.32. The molecule has 1 amide bonds. The van der Waals surface area contributed by atoms with Crippen LogP contribution in [0, 0.1) is 0 Å². The molecule has 28 heavy (non-hydrogen) atoms. The lowest BCUT2D eigenvalue weighted by molar-refractivity contribution is -0.124. The van der Waals surface area contributed by atoms with Crippen LogP contribution < -0.4 is 16.7 Å². The number of rotatable bonds is 4. The highest BCUT2D eigenvalue weighted by Gasteiger charge is 2.28. The van der Waals surface area contributed by atoms with Crippen molar-refractivity contribution in [2.24, 2.45) is 19.2 Å². The molecule has 0 aliphatic carbocycles. The van der Waals surface area contributed by atoms with Crippen molar-refractivity contribution in [3.63, 3.8) is 0 Å². The third kappa shape index (κ3) is 3.09. The molecule has 0 unspecified atom stereocenters. The second-order valence-corrected chi connectivity index (χ2v) is 7.19. The van der Waals surface area contributed by atoms with Crippen molar-refractivity contribution in [1.29, 1.82) is 0 Å². The number of benzene rings is 1. The molecule has 1 fully saturated rings. The van der Waals surface area contributed by atoms with E-state index in [2.05, 4.69) is 20.5 Å². The zero-order valence-electron chi connectivity index (χ0n) is 15.2. The van der Waals surface area contributed by atoms with Crippen LogP contribution in [0.1, 0.15) is 5.56 Å². The van der Waals surface area contributed by atoms with Gasteiger partial charge in [0.2, 0.25) is 11.9 Å². The molecule has 0 bridgehead atoms. The summed E-state index contributed by atoms with van der Waals surface area (Å²) in [5.74, 6) is 0.485. The Morgan fingerprint density at radius 1 is 1.18 bits per heavy atom. The first-order chi connectivity index (χ1) is 13.5. The highest BCUT2D eigenvalue weighted by atomic mass is 32.2. The smallest absolute Gasteiger partial charge is 0.317 e. The molecule has 0 saturated carbocycles. The topological polar surface area (TPSA) is 117 Å². The number of hydrogen-bond donors (Lipinski definition) is 2. The fraction of sp³-hybridized carbons (Fsp3) is 0.235. The van der Waals surface area contributed by atoms with Gasteiger partial charge in [0, 0.05) is 14.1 Å². The van der Waals surface area contributed by atoms with E-state index in [0.717, 1.165) is 10.1 Å². The average molecular weight is 399 g/mol. The minimum atomic E-state index is -0.470. The van der Waals surface area contributed by atoms with Gasteiger partial charge >= 0.3 is 5.69 Å². The summed E-state index contributed by atoms with van der Waals surface area (Å²) in [6.45, 7) is 0.419. The lowest BCUT2D eigenvalue weighted by Gasteiger charge is -2.15. The van der Waals surface area contributed by atoms with E-state index < -0.39 is 11.2 Å². The third-order valence-electron chi connectivity index (χ3n) is 4.39. The van der Waals surface area contributed by atoms with Gasteiger partial charge in [-0.25, -0.2) is 10.2 Å². The van der Waals surface area contributed by atoms with Crippen LogP contribution in [-0.2, 0) is 25.4 Å². The Labute approximate surface area is 162 Å². The van der Waals surface area contributed by atoms with E-state index in [1.807, 2.05) is 30.3 Å². The summed E-state index contributed by atoms with van der Waals surface area (Å²) < 4.78 is 2.28. The quantitative estimate of drug-likeness (QED) is 0.614. The van der Waals surface area contributed by atoms with Crippen molar-refractivity contribution in [1.82, 2.24) is 24.0 Å². The largest absolute Gasteiger partial charge is 0.332 e. The zero-order valence-corrected chi connectivity index (χ0v) is 16.0. The van der Waals surface area contributed by atoms with Gasteiger partial charge in [0.15, 0.2) is 16.3 Å². The number of aromatic amines is 1. The molecular formula is C17H17N7O3S. The Balaban J connectivity index is 1.62. The second-order valence-electron chi connectivity index (χ2n) is 6.25. The molecule has 0 atom stereocenters. The molecule has 144 valence electrons. The van der Waals surface area contributed by atoms with Gasteiger partial charge in [-0.3, -0.25) is 23.6 Å². The van der Waals surface area contributed by atoms with Crippen molar-refractivity contribution in [2.45, 2.75) is 6.54 Å². The van der Waals surface area contributed by atoms with Crippen LogP contribution in [0.3, 0.4) is 0 Å². The minimum Gasteiger partial charge on any atom is -0.317 e. The Hall–Kier alpha value is -3.34. The van der Waals surface area contributed by atoms with Crippen LogP contribution in [-0.4, -0.2) is 40.8 Å². The van der Waals surface area contributed by atoms with Gasteiger partial charge in [0.25, 0.3) is 5.56 Å². The summed E-state index contributed by atoms with van der Waals surface area (Å²) in [6, 6.07) is 9.63. The van der Waals surface area contributed by atoms with Gasteiger partial charge in [0.05, 0.1) is 12.3 Å². The summed E-state index contributed by atoms with van der Waals surface area (Å²) in [5, 5.41) is 4.78. The molecule has 0 radical (unpaired) electrons. The first-order valence-electron chi connectivity index (χ1n) is 8.42. The lowest BCUT2D eigenvalue weighted by atomic mass is 10.2. The number of hydrazone groups is 1. The maximum absolute atomic E-state index is 12.2. The van der Waals surface area contributed by atoms with Crippen LogP contribution in [0.2, 0.25) is 0 Å². The van der Waals surface area contributed by atoms with Gasteiger partial charge in [-0.2, -0.15) is 4.98 Å². The number of amides is 1. The number of anilines is 1. The van der Waals surface area contributed by atoms with Gasteiger partial charge in [0.1, 0.15) is 0 Å². The number of fused-ring (bicyclic) bond motifs is 1. The average Bonchev–Trinajstić information content (AvgIpc) is 3.28. The van der Waals surface area contributed by atoms with Crippen molar-refractivity contribution < 1.29 is 4.79 Å². The molecule has 10 nitrogen and oxygen atoms in total. The van der Waals surface area contributed by atoms with Crippen LogP contribution >= 0.6 is 11.8 Å². The highest BCUT2D eigenvalue weighted by Crippen LogP contribution is 2.22. The Morgan fingerprint density at radius 2 is 1.93 bits per heavy atom. The van der Waals surface area contributed by atoms with Crippen molar-refractivity contribution >= 4 is 39.9 Å². The predicted molar refractivity (Wildman–Crippen MR) is 107 cm³/mol. The Morgan fingerprint density at radius 3 is 2.68 bits per heavy atom. The van der Waals surface area contributed by atoms with E-state index in [-0.39, 0.29) is 23.0 Å². The van der Waals surface area contributed by atoms with Crippen LogP contribution in [0.5, 0.6) is 0 Å². The van der Waals surface area contributed by atoms with Crippen molar-refractivity contribution in [3.05, 3.63) is 56.7 Å². The van der Waals surface area contributed by atoms with E-state index >= 15 is 0 Å². The van der Waals surface area contributed by atoms with E-state index in [9.17, 15) is 14.4 Å². The number of nitrogens with one attached hydrogen (secondary N) is 2. The van der Waals surface area contributed by atoms with Gasteiger partial charge < -0.3 is 4.98 Å². The van der Waals surface area contributed by atoms with Crippen LogP contribution in [0.15, 0.2) is 45.0 Å². The molecule has 2 N–H and O–H groups in total. The number of imidazole rings is 1. The Bertz CT molecular complexity index is 1210. The van der Waals surface area contributed by atoms with E-state index in [1.165, 1.54) is 30.4 Å². The maximum Gasteiger partial charge on any atom is 0.332 e. The third-order valence-corrected chi connectivity index (χ3v) is 5.35. The number of aromatic nitrogens is 4. The van der Waals surface area contributed by atoms with Gasteiger partial charge in [-0.1, -0.05) is 42.1 Å². The summed E-state index contributed by atoms with van der Waals surface area (Å²) in [6.07, 6.45) is 0. The molecule has 1 aliphatic rings. The summed E-state index contributed by atoms with van der Waals surface area (Å²) in [4.78, 5) is 45.1. The number of hydrogen-bond acceptors (Lipinski definition) is 7. The van der Waals surface area contributed by atoms with Crippen LogP contribution in [0.4, 0.5) is 5.95 Å². The number of aryl methyl sites for hydroxylation is 1. The first-order valence-corrected chi connectivity index (χ1v) is 9.41. The molecule has 4 rings (SSSR count). The fourth-order valence-corrected chi connectivity index (χ4v) is 3.72. The molecule has 2 aromatic heterocycles. The van der Waals surface area contributed by atoms with Gasteiger partial charge in [-0.05, 0) is 5.56 Å².